The number of likely N-dealkylation sites (tertiary alicyclic amines) is 1. The Balaban J connectivity index is 1.18. The third-order valence-corrected chi connectivity index (χ3v) is 7.06. The number of nitrogens with zero attached hydrogens (tertiary/aromatic N) is 3. The number of aromatic nitrogens is 1. The first-order chi connectivity index (χ1) is 16.5. The molecule has 0 aliphatic carbocycles. The third kappa shape index (κ3) is 4.70. The maximum atomic E-state index is 12.6. The quantitative estimate of drug-likeness (QED) is 0.544. The first-order valence-electron chi connectivity index (χ1n) is 11.8. The second-order valence-electron chi connectivity index (χ2n) is 9.43. The van der Waals surface area contributed by atoms with Crippen molar-refractivity contribution in [3.8, 4) is 5.75 Å². The molecule has 7 nitrogen and oxygen atoms in total. The van der Waals surface area contributed by atoms with E-state index in [2.05, 4.69) is 32.2 Å². The largest absolute Gasteiger partial charge is 0.497 e. The van der Waals surface area contributed by atoms with Crippen molar-refractivity contribution in [2.75, 3.05) is 49.2 Å². The van der Waals surface area contributed by atoms with E-state index in [1.165, 1.54) is 18.4 Å². The molecule has 0 saturated carbocycles. The van der Waals surface area contributed by atoms with E-state index in [4.69, 9.17) is 10.5 Å². The van der Waals surface area contributed by atoms with E-state index >= 15 is 0 Å². The Hall–Kier alpha value is -3.58. The van der Waals surface area contributed by atoms with E-state index < -0.39 is 0 Å². The number of nitrogens with one attached hydrogen (secondary N) is 1. The molecule has 1 unspecified atom stereocenters. The second-order valence-corrected chi connectivity index (χ2v) is 9.43. The number of amides is 1. The predicted octanol–water partition coefficient (Wildman–Crippen LogP) is 4.03. The summed E-state index contributed by atoms with van der Waals surface area (Å²) in [5.74, 6) is 1.62. The summed E-state index contributed by atoms with van der Waals surface area (Å²) in [6, 6.07) is 19.4. The molecule has 3 N–H and O–H groups in total. The molecule has 2 aliphatic heterocycles. The van der Waals surface area contributed by atoms with Gasteiger partial charge in [-0.05, 0) is 61.3 Å². The van der Waals surface area contributed by atoms with Gasteiger partial charge >= 0.3 is 0 Å². The monoisotopic (exact) mass is 457 g/mol. The molecule has 1 aromatic heterocycles. The Labute approximate surface area is 200 Å². The zero-order valence-electron chi connectivity index (χ0n) is 19.5. The summed E-state index contributed by atoms with van der Waals surface area (Å²) in [5.41, 5.74) is 9.24. The van der Waals surface area contributed by atoms with Crippen molar-refractivity contribution in [1.29, 1.82) is 0 Å². The topological polar surface area (TPSA) is 83.7 Å². The van der Waals surface area contributed by atoms with Crippen molar-refractivity contribution in [2.24, 2.45) is 5.41 Å². The van der Waals surface area contributed by atoms with Crippen LogP contribution >= 0.6 is 0 Å². The van der Waals surface area contributed by atoms with E-state index in [-0.39, 0.29) is 5.91 Å². The fraction of sp³-hybridized carbons (Fsp3) is 0.333. The molecule has 2 aliphatic rings. The number of rotatable bonds is 6. The molecule has 176 valence electrons. The van der Waals surface area contributed by atoms with E-state index in [1.54, 1.807) is 25.4 Å². The Kier molecular flexibility index (Phi) is 6.11. The lowest BCUT2D eigenvalue weighted by Gasteiger charge is -2.25. The van der Waals surface area contributed by atoms with Crippen LogP contribution < -0.4 is 20.7 Å². The van der Waals surface area contributed by atoms with Gasteiger partial charge in [-0.3, -0.25) is 9.69 Å². The summed E-state index contributed by atoms with van der Waals surface area (Å²) < 4.78 is 5.27. The maximum Gasteiger partial charge on any atom is 0.257 e. The fourth-order valence-corrected chi connectivity index (χ4v) is 5.13. The molecule has 1 spiro atoms. The summed E-state index contributed by atoms with van der Waals surface area (Å²) in [4.78, 5) is 22.1. The second kappa shape index (κ2) is 9.35. The average molecular weight is 458 g/mol. The van der Waals surface area contributed by atoms with Crippen molar-refractivity contribution < 1.29 is 9.53 Å². The number of hydrogen-bond acceptors (Lipinski definition) is 6. The summed E-state index contributed by atoms with van der Waals surface area (Å²) in [6.07, 6.45) is 4.03. The van der Waals surface area contributed by atoms with Crippen LogP contribution in [-0.2, 0) is 6.54 Å². The fourth-order valence-electron chi connectivity index (χ4n) is 5.13. The Morgan fingerprint density at radius 1 is 1.06 bits per heavy atom. The van der Waals surface area contributed by atoms with Gasteiger partial charge in [0.1, 0.15) is 11.6 Å². The van der Waals surface area contributed by atoms with Crippen LogP contribution in [0.15, 0.2) is 66.9 Å². The number of pyridine rings is 1. The number of carbonyl (C=O) groups is 1. The number of methoxy groups -OCH3 is 1. The molecule has 1 atom stereocenters. The summed E-state index contributed by atoms with van der Waals surface area (Å²) in [7, 11) is 1.70. The number of hydrogen-bond donors (Lipinski definition) is 2. The molecular weight excluding hydrogens is 426 g/mol. The first-order valence-corrected chi connectivity index (χ1v) is 11.8. The highest BCUT2D eigenvalue weighted by molar-refractivity contribution is 6.05. The molecular formula is C27H31N5O2. The lowest BCUT2D eigenvalue weighted by atomic mass is 9.86. The number of nitrogens with two attached hydrogens (primary N) is 1. The number of benzene rings is 2. The standard InChI is InChI=1S/C27H31N5O2/c1-34-22-9-6-20(7-10-22)17-31-14-12-27(18-31)13-15-32(19-27)25-11-8-21(16-29-25)26(33)30-24-5-3-2-4-23(24)28/h2-11,16H,12-15,17-19,28H2,1H3,(H,30,33). The molecule has 2 saturated heterocycles. The summed E-state index contributed by atoms with van der Waals surface area (Å²) in [5, 5.41) is 2.86. The Morgan fingerprint density at radius 3 is 2.59 bits per heavy atom. The zero-order valence-corrected chi connectivity index (χ0v) is 19.5. The summed E-state index contributed by atoms with van der Waals surface area (Å²) >= 11 is 0. The van der Waals surface area contributed by atoms with Gasteiger partial charge in [0.2, 0.25) is 0 Å². The van der Waals surface area contributed by atoms with Gasteiger partial charge in [0.25, 0.3) is 5.91 Å². The number of anilines is 3. The van der Waals surface area contributed by atoms with Gasteiger partial charge in [-0.1, -0.05) is 24.3 Å². The van der Waals surface area contributed by atoms with Gasteiger partial charge in [-0.2, -0.15) is 0 Å². The van der Waals surface area contributed by atoms with Crippen LogP contribution in [0.3, 0.4) is 0 Å². The van der Waals surface area contributed by atoms with Crippen molar-refractivity contribution >= 4 is 23.1 Å². The van der Waals surface area contributed by atoms with Crippen molar-refractivity contribution in [2.45, 2.75) is 19.4 Å². The number of carbonyl (C=O) groups excluding carboxylic acids is 1. The van der Waals surface area contributed by atoms with Gasteiger partial charge in [0.05, 0.1) is 24.0 Å². The number of ether oxygens (including phenoxy) is 1. The highest BCUT2D eigenvalue weighted by Crippen LogP contribution is 2.41. The van der Waals surface area contributed by atoms with Crippen LogP contribution in [0, 0.1) is 5.41 Å². The minimum Gasteiger partial charge on any atom is -0.497 e. The first kappa shape index (κ1) is 22.2. The predicted molar refractivity (Wildman–Crippen MR) is 135 cm³/mol. The zero-order chi connectivity index (χ0) is 23.5. The molecule has 3 heterocycles. The van der Waals surface area contributed by atoms with Gasteiger partial charge < -0.3 is 20.7 Å². The Morgan fingerprint density at radius 2 is 1.85 bits per heavy atom. The van der Waals surface area contributed by atoms with Crippen molar-refractivity contribution in [3.63, 3.8) is 0 Å². The highest BCUT2D eigenvalue weighted by Gasteiger charge is 2.43. The van der Waals surface area contributed by atoms with Gasteiger partial charge in [0.15, 0.2) is 0 Å². The van der Waals surface area contributed by atoms with E-state index in [1.807, 2.05) is 36.4 Å². The summed E-state index contributed by atoms with van der Waals surface area (Å²) in [6.45, 7) is 5.20. The normalized spacial score (nSPS) is 20.1. The molecule has 34 heavy (non-hydrogen) atoms. The molecule has 3 aromatic rings. The SMILES string of the molecule is COc1ccc(CN2CCC3(CCN(c4ccc(C(=O)Nc5ccccc5N)cn4)C3)C2)cc1. The molecule has 2 aromatic carbocycles. The lowest BCUT2D eigenvalue weighted by molar-refractivity contribution is 0.102. The van der Waals surface area contributed by atoms with Crippen LogP contribution in [0.5, 0.6) is 5.75 Å². The molecule has 0 bridgehead atoms. The van der Waals surface area contributed by atoms with E-state index in [9.17, 15) is 4.79 Å². The van der Waals surface area contributed by atoms with Gasteiger partial charge in [-0.25, -0.2) is 4.98 Å². The van der Waals surface area contributed by atoms with Gasteiger partial charge in [-0.15, -0.1) is 0 Å². The van der Waals surface area contributed by atoms with Crippen LogP contribution in [0.25, 0.3) is 0 Å². The molecule has 0 radical (unpaired) electrons. The van der Waals surface area contributed by atoms with Crippen LogP contribution in [0.4, 0.5) is 17.2 Å². The van der Waals surface area contributed by atoms with Crippen molar-refractivity contribution in [1.82, 2.24) is 9.88 Å². The molecule has 2 fully saturated rings. The maximum absolute atomic E-state index is 12.6. The lowest BCUT2D eigenvalue weighted by Crippen LogP contribution is -2.31. The van der Waals surface area contributed by atoms with Crippen LogP contribution in [0.1, 0.15) is 28.8 Å². The van der Waals surface area contributed by atoms with Crippen LogP contribution in [-0.4, -0.2) is 49.1 Å². The average Bonchev–Trinajstić information content (AvgIpc) is 3.47. The number of nitrogen functional groups attached to an aromatic ring is 1. The third-order valence-electron chi connectivity index (χ3n) is 7.06. The highest BCUT2D eigenvalue weighted by atomic mass is 16.5. The van der Waals surface area contributed by atoms with E-state index in [0.717, 1.165) is 44.3 Å². The van der Waals surface area contributed by atoms with Crippen LogP contribution in [0.2, 0.25) is 0 Å². The van der Waals surface area contributed by atoms with Crippen molar-refractivity contribution in [3.05, 3.63) is 78.0 Å². The molecule has 1 amide bonds. The minimum atomic E-state index is -0.209. The number of para-hydroxylation sites is 2. The minimum absolute atomic E-state index is 0.209. The molecule has 5 rings (SSSR count). The van der Waals surface area contributed by atoms with E-state index in [0.29, 0.717) is 22.4 Å². The van der Waals surface area contributed by atoms with Gasteiger partial charge in [0, 0.05) is 37.8 Å². The Bertz CT molecular complexity index is 1150. The smallest absolute Gasteiger partial charge is 0.257 e. The molecule has 7 heteroatoms.